The van der Waals surface area contributed by atoms with Crippen LogP contribution >= 0.6 is 0 Å². The predicted molar refractivity (Wildman–Crippen MR) is 92.5 cm³/mol. The number of aromatic nitrogens is 4. The lowest BCUT2D eigenvalue weighted by Gasteiger charge is -2.25. The highest BCUT2D eigenvalue weighted by molar-refractivity contribution is 5.66. The quantitative estimate of drug-likeness (QED) is 0.785. The Bertz CT molecular complexity index is 822. The minimum Gasteiger partial charge on any atom is -0.507 e. The summed E-state index contributed by atoms with van der Waals surface area (Å²) in [5, 5.41) is 19.1. The topological polar surface area (TPSA) is 63.8 Å². The Morgan fingerprint density at radius 2 is 1.62 bits per heavy atom. The molecule has 1 aromatic carbocycles. The molecule has 3 aromatic rings. The van der Waals surface area contributed by atoms with Crippen LogP contribution in [0, 0.1) is 0 Å². The van der Waals surface area contributed by atoms with Gasteiger partial charge in [0.25, 0.3) is 0 Å². The Morgan fingerprint density at radius 1 is 0.875 bits per heavy atom. The van der Waals surface area contributed by atoms with Crippen LogP contribution in [0.3, 0.4) is 0 Å². The third-order valence-electron chi connectivity index (χ3n) is 4.67. The molecule has 0 saturated heterocycles. The van der Waals surface area contributed by atoms with Gasteiger partial charge in [0, 0.05) is 12.2 Å². The smallest absolute Gasteiger partial charge is 0.183 e. The third kappa shape index (κ3) is 2.66. The Morgan fingerprint density at radius 3 is 2.38 bits per heavy atom. The number of hydrogen-bond donors (Lipinski definition) is 1. The highest BCUT2D eigenvalue weighted by Crippen LogP contribution is 2.37. The number of phenols is 1. The largest absolute Gasteiger partial charge is 0.507 e. The molecule has 0 spiro atoms. The van der Waals surface area contributed by atoms with Crippen molar-refractivity contribution in [1.82, 2.24) is 19.7 Å². The maximum absolute atomic E-state index is 10.3. The van der Waals surface area contributed by atoms with Crippen molar-refractivity contribution in [1.29, 1.82) is 0 Å². The molecule has 1 N–H and O–H groups in total. The van der Waals surface area contributed by atoms with E-state index in [0.717, 1.165) is 35.7 Å². The number of phenolic OH excluding ortho intramolecular Hbond substituents is 1. The molecule has 1 aliphatic rings. The predicted octanol–water partition coefficient (Wildman–Crippen LogP) is 4.22. The van der Waals surface area contributed by atoms with E-state index in [0.29, 0.717) is 6.04 Å². The van der Waals surface area contributed by atoms with Crippen molar-refractivity contribution in [2.75, 3.05) is 0 Å². The van der Waals surface area contributed by atoms with Crippen molar-refractivity contribution in [2.24, 2.45) is 0 Å². The van der Waals surface area contributed by atoms with Gasteiger partial charge in [-0.05, 0) is 37.1 Å². The second-order valence-electron chi connectivity index (χ2n) is 6.24. The summed E-state index contributed by atoms with van der Waals surface area (Å²) in [7, 11) is 0. The monoisotopic (exact) mass is 320 g/mol. The Labute approximate surface area is 141 Å². The first-order valence-corrected chi connectivity index (χ1v) is 8.49. The van der Waals surface area contributed by atoms with Crippen LogP contribution in [0.2, 0.25) is 0 Å². The van der Waals surface area contributed by atoms with Gasteiger partial charge in [-0.3, -0.25) is 4.98 Å². The van der Waals surface area contributed by atoms with Gasteiger partial charge in [0.1, 0.15) is 11.4 Å². The summed E-state index contributed by atoms with van der Waals surface area (Å²) in [5.74, 6) is 1.73. The summed E-state index contributed by atoms with van der Waals surface area (Å²) in [4.78, 5) is 4.45. The van der Waals surface area contributed by atoms with Gasteiger partial charge in [-0.15, -0.1) is 10.2 Å². The molecule has 5 nitrogen and oxygen atoms in total. The van der Waals surface area contributed by atoms with Crippen LogP contribution in [0.25, 0.3) is 22.9 Å². The number of rotatable bonds is 3. The molecule has 2 heterocycles. The molecule has 2 aromatic heterocycles. The van der Waals surface area contributed by atoms with E-state index in [2.05, 4.69) is 19.7 Å². The maximum atomic E-state index is 10.3. The summed E-state index contributed by atoms with van der Waals surface area (Å²) in [6, 6.07) is 13.5. The molecule has 1 fully saturated rings. The average Bonchev–Trinajstić information content (AvgIpc) is 3.08. The van der Waals surface area contributed by atoms with Crippen LogP contribution in [0.5, 0.6) is 5.75 Å². The van der Waals surface area contributed by atoms with Crippen molar-refractivity contribution >= 4 is 0 Å². The fraction of sp³-hybridized carbons (Fsp3) is 0.316. The minimum atomic E-state index is 0.231. The molecular formula is C19H20N4O. The summed E-state index contributed by atoms with van der Waals surface area (Å²) in [5.41, 5.74) is 1.54. The lowest BCUT2D eigenvalue weighted by molar-refractivity contribution is 0.357. The first kappa shape index (κ1) is 14.9. The van der Waals surface area contributed by atoms with Gasteiger partial charge in [-0.25, -0.2) is 0 Å². The number of hydrogen-bond acceptors (Lipinski definition) is 4. The molecule has 1 aliphatic carbocycles. The number of para-hydroxylation sites is 1. The number of benzene rings is 1. The fourth-order valence-corrected chi connectivity index (χ4v) is 3.49. The van der Waals surface area contributed by atoms with E-state index < -0.39 is 0 Å². The molecule has 0 atom stereocenters. The first-order valence-electron chi connectivity index (χ1n) is 8.49. The molecule has 122 valence electrons. The number of pyridine rings is 1. The second-order valence-corrected chi connectivity index (χ2v) is 6.24. The standard InChI is InChI=1S/C19H20N4O/c24-17-12-5-4-10-15(17)18-21-22-19(16-11-6-7-13-20-16)23(18)14-8-2-1-3-9-14/h4-7,10-14,24H,1-3,8-9H2. The van der Waals surface area contributed by atoms with Gasteiger partial charge >= 0.3 is 0 Å². The molecule has 0 radical (unpaired) electrons. The highest BCUT2D eigenvalue weighted by atomic mass is 16.3. The molecule has 0 unspecified atom stereocenters. The van der Waals surface area contributed by atoms with E-state index in [4.69, 9.17) is 0 Å². The molecular weight excluding hydrogens is 300 g/mol. The van der Waals surface area contributed by atoms with E-state index in [1.165, 1.54) is 19.3 Å². The van der Waals surface area contributed by atoms with Crippen LogP contribution in [-0.4, -0.2) is 24.9 Å². The van der Waals surface area contributed by atoms with Crippen molar-refractivity contribution < 1.29 is 5.11 Å². The van der Waals surface area contributed by atoms with Crippen molar-refractivity contribution in [3.63, 3.8) is 0 Å². The maximum Gasteiger partial charge on any atom is 0.183 e. The van der Waals surface area contributed by atoms with E-state index in [1.807, 2.05) is 36.4 Å². The molecule has 4 rings (SSSR count). The van der Waals surface area contributed by atoms with Gasteiger partial charge in [0.15, 0.2) is 11.6 Å². The van der Waals surface area contributed by atoms with E-state index >= 15 is 0 Å². The van der Waals surface area contributed by atoms with Gasteiger partial charge in [-0.2, -0.15) is 0 Å². The lowest BCUT2D eigenvalue weighted by atomic mass is 9.94. The second kappa shape index (κ2) is 6.43. The SMILES string of the molecule is Oc1ccccc1-c1nnc(-c2ccccn2)n1C1CCCCC1. The van der Waals surface area contributed by atoms with Gasteiger partial charge in [-0.1, -0.05) is 37.5 Å². The highest BCUT2D eigenvalue weighted by Gasteiger charge is 2.25. The number of aromatic hydroxyl groups is 1. The van der Waals surface area contributed by atoms with Crippen molar-refractivity contribution in [3.05, 3.63) is 48.7 Å². The molecule has 1 saturated carbocycles. The molecule has 24 heavy (non-hydrogen) atoms. The Kier molecular flexibility index (Phi) is 3.99. The lowest BCUT2D eigenvalue weighted by Crippen LogP contribution is -2.15. The summed E-state index contributed by atoms with van der Waals surface area (Å²) >= 11 is 0. The van der Waals surface area contributed by atoms with E-state index in [-0.39, 0.29) is 5.75 Å². The third-order valence-corrected chi connectivity index (χ3v) is 4.67. The molecule has 0 bridgehead atoms. The van der Waals surface area contributed by atoms with Crippen LogP contribution < -0.4 is 0 Å². The van der Waals surface area contributed by atoms with Crippen LogP contribution in [-0.2, 0) is 0 Å². The molecule has 0 amide bonds. The fourth-order valence-electron chi connectivity index (χ4n) is 3.49. The average molecular weight is 320 g/mol. The minimum absolute atomic E-state index is 0.231. The normalized spacial score (nSPS) is 15.5. The summed E-state index contributed by atoms with van der Waals surface area (Å²) in [6.45, 7) is 0. The first-order chi connectivity index (χ1) is 11.8. The zero-order chi connectivity index (χ0) is 16.4. The molecule has 0 aliphatic heterocycles. The molecule has 5 heteroatoms. The van der Waals surface area contributed by atoms with Crippen molar-refractivity contribution in [2.45, 2.75) is 38.1 Å². The van der Waals surface area contributed by atoms with Crippen LogP contribution in [0.1, 0.15) is 38.1 Å². The van der Waals surface area contributed by atoms with Gasteiger partial charge < -0.3 is 9.67 Å². The van der Waals surface area contributed by atoms with E-state index in [9.17, 15) is 5.11 Å². The van der Waals surface area contributed by atoms with Crippen LogP contribution in [0.15, 0.2) is 48.7 Å². The zero-order valence-corrected chi connectivity index (χ0v) is 13.5. The summed E-state index contributed by atoms with van der Waals surface area (Å²) in [6.07, 6.45) is 7.70. The Hall–Kier alpha value is -2.69. The summed E-state index contributed by atoms with van der Waals surface area (Å²) < 4.78 is 2.18. The van der Waals surface area contributed by atoms with Crippen LogP contribution in [0.4, 0.5) is 0 Å². The van der Waals surface area contributed by atoms with Gasteiger partial charge in [0.05, 0.1) is 5.56 Å². The van der Waals surface area contributed by atoms with Crippen molar-refractivity contribution in [3.8, 4) is 28.7 Å². The zero-order valence-electron chi connectivity index (χ0n) is 13.5. The number of nitrogens with zero attached hydrogens (tertiary/aromatic N) is 4. The Balaban J connectivity index is 1.88. The van der Waals surface area contributed by atoms with E-state index in [1.54, 1.807) is 12.3 Å². The van der Waals surface area contributed by atoms with Gasteiger partial charge in [0.2, 0.25) is 0 Å².